The van der Waals surface area contributed by atoms with Gasteiger partial charge in [-0.15, -0.1) is 11.3 Å². The van der Waals surface area contributed by atoms with E-state index < -0.39 is 17.9 Å². The molecule has 144 valence electrons. The number of rotatable bonds is 5. The van der Waals surface area contributed by atoms with Crippen LogP contribution in [0.5, 0.6) is 5.75 Å². The van der Waals surface area contributed by atoms with Crippen molar-refractivity contribution < 1.29 is 28.9 Å². The summed E-state index contributed by atoms with van der Waals surface area (Å²) in [5, 5.41) is 21.6. The second-order valence-corrected chi connectivity index (χ2v) is 7.88. The highest BCUT2D eigenvalue weighted by Gasteiger charge is 2.47. The Morgan fingerprint density at radius 2 is 2.19 bits per heavy atom. The summed E-state index contributed by atoms with van der Waals surface area (Å²) in [4.78, 5) is 15.1. The Morgan fingerprint density at radius 1 is 1.37 bits per heavy atom. The first kappa shape index (κ1) is 18.3. The van der Waals surface area contributed by atoms with Gasteiger partial charge in [-0.05, 0) is 30.9 Å². The molecule has 1 saturated heterocycles. The average Bonchev–Trinajstić information content (AvgIpc) is 3.25. The van der Waals surface area contributed by atoms with Crippen LogP contribution in [0.3, 0.4) is 0 Å². The number of ether oxygens (including phenoxy) is 2. The maximum atomic E-state index is 13.7. The number of carboxylic acids is 1. The molecule has 1 aromatic heterocycles. The first-order valence-corrected chi connectivity index (χ1v) is 9.80. The molecule has 8 heteroatoms. The van der Waals surface area contributed by atoms with Gasteiger partial charge in [-0.3, -0.25) is 0 Å². The normalized spacial score (nSPS) is 30.1. The molecule has 5 atom stereocenters. The second kappa shape index (κ2) is 7.53. The lowest BCUT2D eigenvalue weighted by Gasteiger charge is -2.33. The number of benzene rings is 1. The number of carbonyl (C=O) groups is 1. The fourth-order valence-corrected chi connectivity index (χ4v) is 4.89. The molecule has 1 aromatic carbocycles. The molecule has 2 N–H and O–H groups in total. The van der Waals surface area contributed by atoms with Gasteiger partial charge in [0.2, 0.25) is 0 Å². The predicted octanol–water partition coefficient (Wildman–Crippen LogP) is 3.28. The molecule has 6 nitrogen and oxygen atoms in total. The summed E-state index contributed by atoms with van der Waals surface area (Å²) in [5.74, 6) is -1.28. The number of carboxylic acid groups (broad SMARTS) is 1. The molecule has 0 bridgehead atoms. The van der Waals surface area contributed by atoms with Gasteiger partial charge >= 0.3 is 5.97 Å². The van der Waals surface area contributed by atoms with E-state index in [1.165, 1.54) is 22.8 Å². The number of aromatic nitrogens is 1. The highest BCUT2D eigenvalue weighted by Crippen LogP contribution is 2.46. The van der Waals surface area contributed by atoms with Crippen molar-refractivity contribution in [3.05, 3.63) is 46.2 Å². The fourth-order valence-electron chi connectivity index (χ4n) is 4.03. The predicted molar refractivity (Wildman–Crippen MR) is 95.4 cm³/mol. The average molecular weight is 393 g/mol. The third kappa shape index (κ3) is 3.69. The molecule has 0 radical (unpaired) electrons. The van der Waals surface area contributed by atoms with Crippen LogP contribution >= 0.6 is 11.3 Å². The molecule has 2 fully saturated rings. The number of fused-ring (bicyclic) bond motifs is 1. The van der Waals surface area contributed by atoms with E-state index in [2.05, 4.69) is 4.98 Å². The van der Waals surface area contributed by atoms with Crippen molar-refractivity contribution in [1.82, 2.24) is 4.98 Å². The first-order chi connectivity index (χ1) is 13.0. The highest BCUT2D eigenvalue weighted by atomic mass is 32.1. The van der Waals surface area contributed by atoms with Crippen molar-refractivity contribution in [3.63, 3.8) is 0 Å². The van der Waals surface area contributed by atoms with Crippen LogP contribution in [0, 0.1) is 17.7 Å². The Labute approximate surface area is 159 Å². The number of aromatic carboxylic acids is 1. The smallest absolute Gasteiger partial charge is 0.355 e. The van der Waals surface area contributed by atoms with Crippen LogP contribution in [0.2, 0.25) is 0 Å². The maximum absolute atomic E-state index is 13.7. The number of aliphatic hydroxyl groups is 1. The largest absolute Gasteiger partial charge is 0.490 e. The van der Waals surface area contributed by atoms with Gasteiger partial charge in [-0.2, -0.15) is 0 Å². The monoisotopic (exact) mass is 393 g/mol. The van der Waals surface area contributed by atoms with E-state index in [1.807, 2.05) is 0 Å². The minimum Gasteiger partial charge on any atom is -0.490 e. The summed E-state index contributed by atoms with van der Waals surface area (Å²) in [6.07, 6.45) is 1.06. The Bertz CT molecular complexity index is 828. The minimum atomic E-state index is -1.05. The lowest BCUT2D eigenvalue weighted by atomic mass is 9.87. The van der Waals surface area contributed by atoms with Gasteiger partial charge < -0.3 is 19.7 Å². The number of thiazole rings is 1. The van der Waals surface area contributed by atoms with Crippen molar-refractivity contribution in [1.29, 1.82) is 0 Å². The van der Waals surface area contributed by atoms with Gasteiger partial charge in [0.05, 0.1) is 18.8 Å². The van der Waals surface area contributed by atoms with E-state index in [9.17, 15) is 14.3 Å². The molecule has 2 aliphatic rings. The third-order valence-electron chi connectivity index (χ3n) is 5.38. The van der Waals surface area contributed by atoms with Crippen molar-refractivity contribution in [2.24, 2.45) is 11.8 Å². The summed E-state index contributed by atoms with van der Waals surface area (Å²) in [7, 11) is 0. The lowest BCUT2D eigenvalue weighted by Crippen LogP contribution is -2.33. The third-order valence-corrected chi connectivity index (χ3v) is 6.32. The minimum absolute atomic E-state index is 0.0309. The van der Waals surface area contributed by atoms with Gasteiger partial charge in [0.1, 0.15) is 11.1 Å². The summed E-state index contributed by atoms with van der Waals surface area (Å²) in [6.45, 7) is 0.234. The van der Waals surface area contributed by atoms with Crippen LogP contribution in [0.25, 0.3) is 0 Å². The summed E-state index contributed by atoms with van der Waals surface area (Å²) in [6, 6.07) is 6.23. The topological polar surface area (TPSA) is 88.9 Å². The lowest BCUT2D eigenvalue weighted by molar-refractivity contribution is -0.0812. The van der Waals surface area contributed by atoms with E-state index in [0.29, 0.717) is 17.8 Å². The van der Waals surface area contributed by atoms with Crippen LogP contribution < -0.4 is 4.74 Å². The van der Waals surface area contributed by atoms with Gasteiger partial charge in [0, 0.05) is 17.7 Å². The molecule has 2 heterocycles. The Kier molecular flexibility index (Phi) is 5.12. The van der Waals surface area contributed by atoms with Gasteiger partial charge in [-0.25, -0.2) is 14.2 Å². The molecule has 27 heavy (non-hydrogen) atoms. The zero-order valence-electron chi connectivity index (χ0n) is 14.5. The zero-order chi connectivity index (χ0) is 19.0. The van der Waals surface area contributed by atoms with E-state index in [4.69, 9.17) is 14.6 Å². The first-order valence-electron chi connectivity index (χ1n) is 8.92. The summed E-state index contributed by atoms with van der Waals surface area (Å²) in [5.41, 5.74) is 0.0309. The maximum Gasteiger partial charge on any atom is 0.355 e. The molecule has 4 rings (SSSR count). The summed E-state index contributed by atoms with van der Waals surface area (Å²) < 4.78 is 25.5. The van der Waals surface area contributed by atoms with Crippen LogP contribution in [-0.2, 0) is 4.74 Å². The van der Waals surface area contributed by atoms with Crippen LogP contribution in [0.15, 0.2) is 29.6 Å². The van der Waals surface area contributed by atoms with Gasteiger partial charge in [-0.1, -0.05) is 12.1 Å². The number of aliphatic hydroxyl groups excluding tert-OH is 1. The Hall–Kier alpha value is -2.03. The van der Waals surface area contributed by atoms with Crippen molar-refractivity contribution >= 4 is 17.3 Å². The molecular formula is C19H20FNO5S. The molecule has 1 saturated carbocycles. The van der Waals surface area contributed by atoms with Gasteiger partial charge in [0.25, 0.3) is 0 Å². The number of nitrogens with zero attached hydrogens (tertiary/aromatic N) is 1. The summed E-state index contributed by atoms with van der Waals surface area (Å²) >= 11 is 1.28. The number of halogens is 1. The highest BCUT2D eigenvalue weighted by molar-refractivity contribution is 7.09. The van der Waals surface area contributed by atoms with E-state index >= 15 is 0 Å². The van der Waals surface area contributed by atoms with E-state index in [1.54, 1.807) is 18.2 Å². The van der Waals surface area contributed by atoms with Crippen molar-refractivity contribution in [2.45, 2.75) is 37.6 Å². The molecule has 5 unspecified atom stereocenters. The van der Waals surface area contributed by atoms with E-state index in [0.717, 1.165) is 6.42 Å². The second-order valence-electron chi connectivity index (χ2n) is 6.99. The van der Waals surface area contributed by atoms with Crippen LogP contribution in [0.1, 0.15) is 40.9 Å². The fraction of sp³-hybridized carbons (Fsp3) is 0.474. The molecule has 0 spiro atoms. The molecular weight excluding hydrogens is 373 g/mol. The molecule has 1 aliphatic carbocycles. The molecule has 2 aromatic rings. The quantitative estimate of drug-likeness (QED) is 0.811. The molecule has 1 aliphatic heterocycles. The zero-order valence-corrected chi connectivity index (χ0v) is 15.3. The van der Waals surface area contributed by atoms with E-state index in [-0.39, 0.29) is 42.1 Å². The van der Waals surface area contributed by atoms with Crippen molar-refractivity contribution in [3.8, 4) is 5.75 Å². The van der Waals surface area contributed by atoms with Crippen LogP contribution in [0.4, 0.5) is 4.39 Å². The standard InChI is InChI=1S/C19H20FNO5S/c20-12-3-1-2-4-15(12)25-8-11-10-5-6-16(26-17(10)7-14(11)22)18-21-13(9-27-18)19(23)24/h1-4,9-11,14,16-17,22H,5-8H2,(H,23,24). The number of hydrogen-bond acceptors (Lipinski definition) is 6. The Balaban J connectivity index is 1.40. The van der Waals surface area contributed by atoms with Gasteiger partial charge in [0.15, 0.2) is 17.3 Å². The van der Waals surface area contributed by atoms with Crippen molar-refractivity contribution in [2.75, 3.05) is 6.61 Å². The number of para-hydroxylation sites is 1. The SMILES string of the molecule is O=C(O)c1csc(C2CCC3C(CC(O)C3COc3ccccc3F)O2)n1. The molecule has 0 amide bonds. The van der Waals surface area contributed by atoms with Crippen LogP contribution in [-0.4, -0.2) is 40.0 Å². The number of hydrogen-bond donors (Lipinski definition) is 2. The Morgan fingerprint density at radius 3 is 2.93 bits per heavy atom.